The van der Waals surface area contributed by atoms with Crippen molar-refractivity contribution in [2.24, 2.45) is 11.7 Å². The van der Waals surface area contributed by atoms with Crippen LogP contribution >= 0.6 is 0 Å². The molecule has 0 bridgehead atoms. The summed E-state index contributed by atoms with van der Waals surface area (Å²) in [5.74, 6) is -4.06. The predicted octanol–water partition coefficient (Wildman–Crippen LogP) is 4.44. The number of esters is 2. The molecule has 48 heavy (non-hydrogen) atoms. The van der Waals surface area contributed by atoms with Crippen LogP contribution in [0.25, 0.3) is 11.0 Å². The highest BCUT2D eigenvalue weighted by Crippen LogP contribution is 2.25. The number of hydrogen-bond acceptors (Lipinski definition) is 9. The quantitative estimate of drug-likeness (QED) is 0.156. The molecule has 252 valence electrons. The molecule has 12 heteroatoms. The van der Waals surface area contributed by atoms with Crippen molar-refractivity contribution in [2.75, 3.05) is 0 Å². The summed E-state index contributed by atoms with van der Waals surface area (Å²) in [7, 11) is 0. The van der Waals surface area contributed by atoms with Crippen LogP contribution in [0.5, 0.6) is 0 Å². The second-order valence-corrected chi connectivity index (χ2v) is 12.2. The van der Waals surface area contributed by atoms with Crippen molar-refractivity contribution in [1.82, 2.24) is 15.3 Å². The summed E-state index contributed by atoms with van der Waals surface area (Å²) in [6, 6.07) is 18.1. The fourth-order valence-electron chi connectivity index (χ4n) is 5.21. The van der Waals surface area contributed by atoms with Crippen LogP contribution in [0, 0.1) is 11.7 Å². The highest BCUT2D eigenvalue weighted by Gasteiger charge is 2.34. The number of fused-ring (bicyclic) bond motifs is 1. The lowest BCUT2D eigenvalue weighted by atomic mass is 9.87. The molecule has 0 unspecified atom stereocenters. The van der Waals surface area contributed by atoms with Crippen LogP contribution in [-0.4, -0.2) is 56.6 Å². The van der Waals surface area contributed by atoms with Crippen LogP contribution in [-0.2, 0) is 32.1 Å². The summed E-state index contributed by atoms with van der Waals surface area (Å²) >= 11 is 0. The van der Waals surface area contributed by atoms with E-state index in [1.807, 2.05) is 0 Å². The molecule has 4 N–H and O–H groups in total. The van der Waals surface area contributed by atoms with Gasteiger partial charge >= 0.3 is 11.9 Å². The standard InChI is InChI=1S/C36H39FN4O7/c1-22(42)47-21-25-10-4-5-12-27(25)35(45)48-32(19-24(33(38)43)15-16-36(2,3)46)30(18-23-9-8-11-26(37)17-23)41-34(44)31-20-39-28-13-6-7-14-29(28)40-31/h4-14,17,20,24,30,32,46H,15-16,18-19,21H2,1-3H3,(H2,38,43)(H,41,44)/t24-,30+,32-/m1/s1. The van der Waals surface area contributed by atoms with Crippen molar-refractivity contribution in [2.45, 2.75) is 70.8 Å². The van der Waals surface area contributed by atoms with E-state index in [9.17, 15) is 28.7 Å². The van der Waals surface area contributed by atoms with E-state index < -0.39 is 53.2 Å². The number of nitrogens with zero attached hydrogens (tertiary/aromatic N) is 2. The van der Waals surface area contributed by atoms with Gasteiger partial charge in [-0.3, -0.25) is 19.4 Å². The molecule has 2 amide bonds. The normalized spacial score (nSPS) is 13.3. The molecule has 0 radical (unpaired) electrons. The van der Waals surface area contributed by atoms with Crippen LogP contribution in [0.1, 0.15) is 72.0 Å². The number of amides is 2. The van der Waals surface area contributed by atoms with Gasteiger partial charge in [-0.2, -0.15) is 0 Å². The number of nitrogens with two attached hydrogens (primary N) is 1. The molecule has 0 aliphatic rings. The molecule has 0 spiro atoms. The molecule has 1 aromatic heterocycles. The number of halogens is 1. The number of nitrogens with one attached hydrogen (secondary N) is 1. The summed E-state index contributed by atoms with van der Waals surface area (Å²) in [5, 5.41) is 13.3. The molecule has 4 aromatic rings. The number of primary amides is 1. The zero-order valence-corrected chi connectivity index (χ0v) is 27.0. The Hall–Kier alpha value is -5.23. The van der Waals surface area contributed by atoms with E-state index in [1.54, 1.807) is 62.4 Å². The molecule has 3 aromatic carbocycles. The number of carbonyl (C=O) groups excluding carboxylic acids is 4. The maximum absolute atomic E-state index is 14.3. The smallest absolute Gasteiger partial charge is 0.338 e. The minimum atomic E-state index is -1.18. The zero-order valence-electron chi connectivity index (χ0n) is 27.0. The fraction of sp³-hybridized carbons (Fsp3) is 0.333. The first-order valence-electron chi connectivity index (χ1n) is 15.5. The van der Waals surface area contributed by atoms with Gasteiger partial charge < -0.3 is 25.6 Å². The lowest BCUT2D eigenvalue weighted by Crippen LogP contribution is -2.48. The monoisotopic (exact) mass is 658 g/mol. The maximum Gasteiger partial charge on any atom is 0.338 e. The van der Waals surface area contributed by atoms with Crippen molar-refractivity contribution in [1.29, 1.82) is 0 Å². The lowest BCUT2D eigenvalue weighted by Gasteiger charge is -2.31. The fourth-order valence-corrected chi connectivity index (χ4v) is 5.21. The van der Waals surface area contributed by atoms with Crippen LogP contribution in [0.2, 0.25) is 0 Å². The third-order valence-corrected chi connectivity index (χ3v) is 7.74. The Balaban J connectivity index is 1.74. The van der Waals surface area contributed by atoms with Crippen LogP contribution in [0.3, 0.4) is 0 Å². The summed E-state index contributed by atoms with van der Waals surface area (Å²) in [6.07, 6.45) is 0.367. The van der Waals surface area contributed by atoms with Crippen molar-refractivity contribution in [3.63, 3.8) is 0 Å². The minimum Gasteiger partial charge on any atom is -0.461 e. The Morgan fingerprint density at radius 3 is 2.40 bits per heavy atom. The number of benzene rings is 3. The van der Waals surface area contributed by atoms with E-state index in [2.05, 4.69) is 15.3 Å². The third kappa shape index (κ3) is 10.4. The van der Waals surface area contributed by atoms with E-state index in [0.29, 0.717) is 22.2 Å². The zero-order chi connectivity index (χ0) is 34.8. The number of ether oxygens (including phenoxy) is 2. The van der Waals surface area contributed by atoms with Gasteiger partial charge in [0, 0.05) is 18.4 Å². The molecule has 3 atom stereocenters. The molecular formula is C36H39FN4O7. The summed E-state index contributed by atoms with van der Waals surface area (Å²) in [6.45, 7) is 4.25. The minimum absolute atomic E-state index is 0.00543. The van der Waals surface area contributed by atoms with Crippen molar-refractivity contribution < 1.29 is 38.1 Å². The first kappa shape index (κ1) is 35.6. The van der Waals surface area contributed by atoms with Gasteiger partial charge in [0.1, 0.15) is 24.2 Å². The maximum atomic E-state index is 14.3. The van der Waals surface area contributed by atoms with Crippen LogP contribution in [0.15, 0.2) is 79.0 Å². The Labute approximate surface area is 277 Å². The van der Waals surface area contributed by atoms with E-state index in [-0.39, 0.29) is 43.5 Å². The first-order chi connectivity index (χ1) is 22.8. The summed E-state index contributed by atoms with van der Waals surface area (Å²) in [5.41, 5.74) is 6.71. The van der Waals surface area contributed by atoms with E-state index in [0.717, 1.165) is 0 Å². The molecule has 11 nitrogen and oxygen atoms in total. The Kier molecular flexibility index (Phi) is 11.9. The van der Waals surface area contributed by atoms with E-state index >= 15 is 0 Å². The van der Waals surface area contributed by atoms with Crippen molar-refractivity contribution in [3.05, 3.63) is 107 Å². The summed E-state index contributed by atoms with van der Waals surface area (Å²) < 4.78 is 25.5. The average Bonchev–Trinajstić information content (AvgIpc) is 3.04. The largest absolute Gasteiger partial charge is 0.461 e. The lowest BCUT2D eigenvalue weighted by molar-refractivity contribution is -0.142. The second kappa shape index (κ2) is 16.1. The number of aromatic nitrogens is 2. The molecular weight excluding hydrogens is 619 g/mol. The topological polar surface area (TPSA) is 171 Å². The third-order valence-electron chi connectivity index (χ3n) is 7.74. The highest BCUT2D eigenvalue weighted by atomic mass is 19.1. The van der Waals surface area contributed by atoms with E-state index in [4.69, 9.17) is 15.2 Å². The van der Waals surface area contributed by atoms with Gasteiger partial charge in [0.25, 0.3) is 5.91 Å². The predicted molar refractivity (Wildman–Crippen MR) is 175 cm³/mol. The highest BCUT2D eigenvalue weighted by molar-refractivity contribution is 5.94. The van der Waals surface area contributed by atoms with Crippen LogP contribution in [0.4, 0.5) is 4.39 Å². The van der Waals surface area contributed by atoms with Crippen molar-refractivity contribution >= 4 is 34.8 Å². The number of carbonyl (C=O) groups is 4. The van der Waals surface area contributed by atoms with Gasteiger partial charge in [-0.15, -0.1) is 0 Å². The van der Waals surface area contributed by atoms with Crippen molar-refractivity contribution in [3.8, 4) is 0 Å². The Bertz CT molecular complexity index is 1770. The first-order valence-corrected chi connectivity index (χ1v) is 15.5. The molecule has 0 fully saturated rings. The van der Waals surface area contributed by atoms with Gasteiger partial charge in [0.2, 0.25) is 5.91 Å². The molecule has 0 saturated heterocycles. The Morgan fingerprint density at radius 2 is 1.71 bits per heavy atom. The van der Waals surface area contributed by atoms with Gasteiger partial charge in [0.15, 0.2) is 0 Å². The Morgan fingerprint density at radius 1 is 1.00 bits per heavy atom. The second-order valence-electron chi connectivity index (χ2n) is 12.2. The van der Waals surface area contributed by atoms with Gasteiger partial charge in [0.05, 0.1) is 34.4 Å². The van der Waals surface area contributed by atoms with E-state index in [1.165, 1.54) is 37.4 Å². The summed E-state index contributed by atoms with van der Waals surface area (Å²) in [4.78, 5) is 60.4. The SMILES string of the molecule is CC(=O)OCc1ccccc1C(=O)O[C@H](C[C@@H](CCC(C)(C)O)C(N)=O)[C@H](Cc1cccc(F)c1)NC(=O)c1cnc2ccccc2n1. The number of aliphatic hydroxyl groups is 1. The number of para-hydroxylation sites is 2. The molecule has 4 rings (SSSR count). The van der Waals surface area contributed by atoms with Crippen LogP contribution < -0.4 is 11.1 Å². The van der Waals surface area contributed by atoms with Gasteiger partial charge in [-0.25, -0.2) is 14.2 Å². The van der Waals surface area contributed by atoms with Gasteiger partial charge in [-0.1, -0.05) is 42.5 Å². The van der Waals surface area contributed by atoms with Gasteiger partial charge in [-0.05, 0) is 75.4 Å². The average molecular weight is 659 g/mol. The molecule has 1 heterocycles. The molecule has 0 aliphatic heterocycles. The molecule has 0 saturated carbocycles. The molecule has 0 aliphatic carbocycles. The number of rotatable bonds is 15. The number of hydrogen-bond donors (Lipinski definition) is 3.